The predicted molar refractivity (Wildman–Crippen MR) is 279 cm³/mol. The van der Waals surface area contributed by atoms with Crippen LogP contribution in [0.4, 0.5) is 0 Å². The van der Waals surface area contributed by atoms with Crippen molar-refractivity contribution in [3.05, 3.63) is 107 Å². The van der Waals surface area contributed by atoms with Crippen molar-refractivity contribution in [2.24, 2.45) is 17.8 Å². The molecule has 3 aromatic carbocycles. The molecule has 76 heavy (non-hydrogen) atoms. The van der Waals surface area contributed by atoms with E-state index < -0.39 is 134 Å². The third kappa shape index (κ3) is 16.5. The van der Waals surface area contributed by atoms with Crippen LogP contribution in [0.15, 0.2) is 85.1 Å². The molecule has 8 atom stereocenters. The zero-order valence-electron chi connectivity index (χ0n) is 43.5. The number of rotatable bonds is 13. The summed E-state index contributed by atoms with van der Waals surface area (Å²) < 4.78 is 0. The van der Waals surface area contributed by atoms with Gasteiger partial charge in [0.2, 0.25) is 53.2 Å². The van der Waals surface area contributed by atoms with E-state index in [9.17, 15) is 58.2 Å². The van der Waals surface area contributed by atoms with E-state index in [0.717, 1.165) is 10.9 Å². The zero-order chi connectivity index (χ0) is 55.6. The van der Waals surface area contributed by atoms with E-state index in [2.05, 4.69) is 52.8 Å². The first-order valence-corrected chi connectivity index (χ1v) is 25.3. The minimum atomic E-state index is -1.67. The van der Waals surface area contributed by atoms with E-state index in [-0.39, 0.29) is 31.0 Å². The maximum absolute atomic E-state index is 14.5. The van der Waals surface area contributed by atoms with E-state index in [1.54, 1.807) is 108 Å². The molecule has 12 N–H and O–H groups in total. The van der Waals surface area contributed by atoms with Crippen molar-refractivity contribution < 1.29 is 58.2 Å². The minimum absolute atomic E-state index is 0.00538. The molecule has 0 radical (unpaired) electrons. The highest BCUT2D eigenvalue weighted by molar-refractivity contribution is 6.09. The average Bonchev–Trinajstić information content (AvgIpc) is 3.81. The van der Waals surface area contributed by atoms with Crippen molar-refractivity contribution in [2.75, 3.05) is 26.3 Å². The third-order valence-corrected chi connectivity index (χ3v) is 13.0. The summed E-state index contributed by atoms with van der Waals surface area (Å²) in [6.07, 6.45) is 1.76. The summed E-state index contributed by atoms with van der Waals surface area (Å²) in [4.78, 5) is 141. The maximum atomic E-state index is 14.5. The van der Waals surface area contributed by atoms with E-state index in [4.69, 9.17) is 0 Å². The van der Waals surface area contributed by atoms with Crippen LogP contribution in [0.25, 0.3) is 10.9 Å². The molecular formula is C54H70N10O12. The topological polar surface area (TPSA) is 335 Å². The summed E-state index contributed by atoms with van der Waals surface area (Å²) in [7, 11) is 0. The second-order valence-corrected chi connectivity index (χ2v) is 19.6. The van der Waals surface area contributed by atoms with Crippen LogP contribution in [0.2, 0.25) is 0 Å². The third-order valence-electron chi connectivity index (χ3n) is 13.0. The van der Waals surface area contributed by atoms with E-state index in [0.29, 0.717) is 28.7 Å². The number of amides is 9. The average molecular weight is 1050 g/mol. The molecule has 0 bridgehead atoms. The molecule has 4 aromatic rings. The Morgan fingerprint density at radius 3 is 1.64 bits per heavy atom. The number of aromatic amines is 1. The molecule has 1 saturated heterocycles. The normalized spacial score (nSPS) is 22.9. The molecule has 0 aliphatic carbocycles. The van der Waals surface area contributed by atoms with Crippen LogP contribution in [0.1, 0.15) is 81.4 Å². The highest BCUT2D eigenvalue weighted by Gasteiger charge is 2.36. The fourth-order valence-electron chi connectivity index (χ4n) is 8.42. The van der Waals surface area contributed by atoms with Gasteiger partial charge in [-0.2, -0.15) is 0 Å². The van der Waals surface area contributed by atoms with Crippen molar-refractivity contribution in [3.8, 4) is 0 Å². The number of H-pyrrole nitrogens is 1. The van der Waals surface area contributed by atoms with Gasteiger partial charge in [0.25, 0.3) is 0 Å². The fraction of sp³-hybridized carbons (Fsp3) is 0.444. The molecule has 1 aliphatic rings. The van der Waals surface area contributed by atoms with Gasteiger partial charge in [0.1, 0.15) is 42.3 Å². The number of hydrogen-bond acceptors (Lipinski definition) is 12. The van der Waals surface area contributed by atoms with E-state index >= 15 is 0 Å². The Balaban J connectivity index is 1.50. The van der Waals surface area contributed by atoms with Crippen LogP contribution in [-0.2, 0) is 56.0 Å². The van der Waals surface area contributed by atoms with Crippen molar-refractivity contribution in [1.29, 1.82) is 0 Å². The van der Waals surface area contributed by atoms with Gasteiger partial charge in [0, 0.05) is 41.1 Å². The zero-order valence-corrected chi connectivity index (χ0v) is 43.5. The monoisotopic (exact) mass is 1050 g/mol. The molecule has 0 unspecified atom stereocenters. The highest BCUT2D eigenvalue weighted by atomic mass is 16.3. The van der Waals surface area contributed by atoms with Crippen LogP contribution in [-0.4, -0.2) is 143 Å². The largest absolute Gasteiger partial charge is 0.394 e. The molecule has 5 rings (SSSR count). The molecule has 0 spiro atoms. The number of para-hydroxylation sites is 1. The summed E-state index contributed by atoms with van der Waals surface area (Å²) >= 11 is 0. The lowest BCUT2D eigenvalue weighted by Gasteiger charge is -2.29. The first kappa shape index (κ1) is 58.9. The van der Waals surface area contributed by atoms with Crippen molar-refractivity contribution in [3.63, 3.8) is 0 Å². The summed E-state index contributed by atoms with van der Waals surface area (Å²) in [5, 5.41) is 44.1. The van der Waals surface area contributed by atoms with Crippen LogP contribution in [0.5, 0.6) is 0 Å². The number of aliphatic hydroxyl groups is 2. The molecule has 408 valence electrons. The van der Waals surface area contributed by atoms with E-state index in [1.807, 2.05) is 18.2 Å². The van der Waals surface area contributed by atoms with Gasteiger partial charge in [0.15, 0.2) is 5.78 Å². The Hall–Kier alpha value is -7.98. The second kappa shape index (κ2) is 28.1. The molecule has 22 heteroatoms. The van der Waals surface area contributed by atoms with Crippen LogP contribution >= 0.6 is 0 Å². The highest BCUT2D eigenvalue weighted by Crippen LogP contribution is 2.20. The summed E-state index contributed by atoms with van der Waals surface area (Å²) in [5.41, 5.74) is 2.68. The quantitative estimate of drug-likeness (QED) is 0.0759. The lowest BCUT2D eigenvalue weighted by Crippen LogP contribution is -2.62. The Morgan fingerprint density at radius 1 is 0.526 bits per heavy atom. The van der Waals surface area contributed by atoms with Crippen molar-refractivity contribution in [2.45, 2.75) is 110 Å². The van der Waals surface area contributed by atoms with Gasteiger partial charge >= 0.3 is 0 Å². The van der Waals surface area contributed by atoms with Crippen LogP contribution in [0, 0.1) is 17.8 Å². The van der Waals surface area contributed by atoms with Gasteiger partial charge < -0.3 is 63.0 Å². The van der Waals surface area contributed by atoms with E-state index in [1.165, 1.54) is 0 Å². The lowest BCUT2D eigenvalue weighted by molar-refractivity contribution is -0.137. The number of hydrogen-bond donors (Lipinski definition) is 12. The number of aliphatic hydroxyl groups excluding tert-OH is 2. The molecule has 22 nitrogen and oxygen atoms in total. The molecule has 1 aliphatic heterocycles. The van der Waals surface area contributed by atoms with Gasteiger partial charge in [-0.25, -0.2) is 0 Å². The number of benzene rings is 3. The molecule has 9 amide bonds. The van der Waals surface area contributed by atoms with Crippen molar-refractivity contribution >= 4 is 69.9 Å². The Kier molecular flexibility index (Phi) is 21.8. The Labute approximate surface area is 440 Å². The Morgan fingerprint density at radius 2 is 1.03 bits per heavy atom. The number of carbonyl (C=O) groups is 10. The number of carbonyl (C=O) groups excluding carboxylic acids is 10. The molecule has 1 fully saturated rings. The van der Waals surface area contributed by atoms with Gasteiger partial charge in [0.05, 0.1) is 26.3 Å². The smallest absolute Gasteiger partial charge is 0.245 e. The second-order valence-electron chi connectivity index (χ2n) is 19.6. The first-order chi connectivity index (χ1) is 36.2. The maximum Gasteiger partial charge on any atom is 0.245 e. The van der Waals surface area contributed by atoms with Gasteiger partial charge in [-0.05, 0) is 41.4 Å². The fourth-order valence-corrected chi connectivity index (χ4v) is 8.42. The Bertz CT molecular complexity index is 2710. The van der Waals surface area contributed by atoms with Gasteiger partial charge in [-0.15, -0.1) is 0 Å². The number of fused-ring (bicyclic) bond motifs is 1. The lowest BCUT2D eigenvalue weighted by atomic mass is 9.96. The minimum Gasteiger partial charge on any atom is -0.394 e. The summed E-state index contributed by atoms with van der Waals surface area (Å²) in [6.45, 7) is 6.89. The van der Waals surface area contributed by atoms with Gasteiger partial charge in [-0.1, -0.05) is 121 Å². The summed E-state index contributed by atoms with van der Waals surface area (Å²) in [6, 6.07) is 12.1. The number of ketones is 1. The van der Waals surface area contributed by atoms with Crippen LogP contribution < -0.4 is 47.9 Å². The molecule has 2 heterocycles. The molecule has 0 saturated carbocycles. The number of aromatic nitrogens is 1. The SMILES string of the molecule is CC[C@@H](C)[C@H]1NC(=O)CNC(=O)[C@@H](Cc2c[nH]c3ccccc23)NC(=O)CNC(=O)[C@@H](CO)NC(=O)[C@@H](CC(C)C)NC(=O)[C@@H](CO)NC(=O)[C@@H](C(C)C)NC(=O)[C@@H](Cc2ccc(C(=O)c3ccccc3)cc2)NC1=O. The molecule has 1 aromatic heterocycles. The number of nitrogens with one attached hydrogen (secondary N) is 10. The van der Waals surface area contributed by atoms with Crippen LogP contribution in [0.3, 0.4) is 0 Å². The predicted octanol–water partition coefficient (Wildman–Crippen LogP) is -0.444. The van der Waals surface area contributed by atoms with Crippen molar-refractivity contribution in [1.82, 2.24) is 52.8 Å². The standard InChI is InChI=1S/C54H70N10O12/c1-7-31(6)46-54(76)60-39(22-32-17-19-34(20-18-32)47(69)33-13-9-8-10-14-33)51(73)64-45(30(4)5)53(75)62-42(28-66)52(74)59-38(21-29(2)3)50(72)61-41(27-65)49(71)57-25-43(67)58-40(48(70)56-26-44(68)63-46)23-35-24-55-37-16-12-11-15-36(35)37/h8-20,24,29-31,38-42,45-46,55,65-66H,7,21-23,25-28H2,1-6H3,(H,56,70)(H,57,71)(H,58,67)(H,59,74)(H,60,76)(H,61,72)(H,62,75)(H,63,68)(H,64,73)/t31-,38-,39-,40-,41-,42-,45-,46-/m1/s1. The van der Waals surface area contributed by atoms with Gasteiger partial charge in [-0.3, -0.25) is 47.9 Å². The summed E-state index contributed by atoms with van der Waals surface area (Å²) in [5.74, 6) is -9.63. The molecular weight excluding hydrogens is 981 g/mol. The first-order valence-electron chi connectivity index (χ1n) is 25.3.